The largest absolute Gasteiger partial charge is 0.461 e. The molecule has 2 heterocycles. The number of hydrogen-bond acceptors (Lipinski definition) is 4. The quantitative estimate of drug-likeness (QED) is 0.608. The summed E-state index contributed by atoms with van der Waals surface area (Å²) < 4.78 is 48.1. The molecule has 2 aromatic heterocycles. The van der Waals surface area contributed by atoms with Gasteiger partial charge >= 0.3 is 12.6 Å². The van der Waals surface area contributed by atoms with Crippen LogP contribution < -0.4 is 4.74 Å². The number of rotatable bonds is 6. The van der Waals surface area contributed by atoms with E-state index in [1.54, 1.807) is 13.0 Å². The predicted molar refractivity (Wildman–Crippen MR) is 70.3 cm³/mol. The third-order valence-electron chi connectivity index (χ3n) is 2.73. The second-order valence-corrected chi connectivity index (χ2v) is 4.27. The Morgan fingerprint density at radius 1 is 1.41 bits per heavy atom. The summed E-state index contributed by atoms with van der Waals surface area (Å²) in [6.07, 6.45) is 2.51. The molecule has 0 radical (unpaired) electrons. The minimum atomic E-state index is -3.01. The lowest BCUT2D eigenvalue weighted by molar-refractivity contribution is -0.0498. The average Bonchev–Trinajstić information content (AvgIpc) is 2.81. The average molecular weight is 314 g/mol. The van der Waals surface area contributed by atoms with Crippen molar-refractivity contribution in [3.63, 3.8) is 0 Å². The van der Waals surface area contributed by atoms with Crippen molar-refractivity contribution in [1.29, 1.82) is 0 Å². The first-order valence-corrected chi connectivity index (χ1v) is 6.42. The zero-order valence-corrected chi connectivity index (χ0v) is 11.6. The second kappa shape index (κ2) is 6.97. The van der Waals surface area contributed by atoms with Crippen molar-refractivity contribution >= 4 is 5.97 Å². The number of halogens is 3. The van der Waals surface area contributed by atoms with Gasteiger partial charge in [0.15, 0.2) is 0 Å². The van der Waals surface area contributed by atoms with Gasteiger partial charge in [0, 0.05) is 25.0 Å². The molecule has 0 amide bonds. The molecule has 0 saturated carbocycles. The van der Waals surface area contributed by atoms with Crippen molar-refractivity contribution in [2.45, 2.75) is 20.1 Å². The van der Waals surface area contributed by atoms with Gasteiger partial charge in [-0.15, -0.1) is 0 Å². The van der Waals surface area contributed by atoms with Gasteiger partial charge < -0.3 is 14.0 Å². The molecule has 118 valence electrons. The van der Waals surface area contributed by atoms with Crippen LogP contribution >= 0.6 is 0 Å². The first kappa shape index (κ1) is 15.9. The molecule has 2 rings (SSSR count). The molecule has 0 N–H and O–H groups in total. The van der Waals surface area contributed by atoms with E-state index in [0.717, 1.165) is 6.07 Å². The van der Waals surface area contributed by atoms with Crippen LogP contribution in [0.3, 0.4) is 0 Å². The molecule has 0 aliphatic rings. The van der Waals surface area contributed by atoms with Gasteiger partial charge in [0.25, 0.3) is 0 Å². The normalized spacial score (nSPS) is 10.8. The summed E-state index contributed by atoms with van der Waals surface area (Å²) in [7, 11) is 0. The lowest BCUT2D eigenvalue weighted by Crippen LogP contribution is -2.12. The summed E-state index contributed by atoms with van der Waals surface area (Å²) in [4.78, 5) is 15.3. The van der Waals surface area contributed by atoms with Crippen LogP contribution in [-0.2, 0) is 11.3 Å². The highest BCUT2D eigenvalue weighted by atomic mass is 19.3. The van der Waals surface area contributed by atoms with E-state index in [4.69, 9.17) is 4.74 Å². The fourth-order valence-electron chi connectivity index (χ4n) is 1.90. The third-order valence-corrected chi connectivity index (χ3v) is 2.73. The maximum atomic E-state index is 13.1. The van der Waals surface area contributed by atoms with E-state index < -0.39 is 18.5 Å². The molecule has 2 aromatic rings. The highest BCUT2D eigenvalue weighted by molar-refractivity contribution is 5.88. The van der Waals surface area contributed by atoms with E-state index in [0.29, 0.717) is 5.56 Å². The Morgan fingerprint density at radius 2 is 2.18 bits per heavy atom. The Kier molecular flexibility index (Phi) is 5.03. The van der Waals surface area contributed by atoms with Crippen molar-refractivity contribution in [3.05, 3.63) is 47.8 Å². The summed E-state index contributed by atoms with van der Waals surface area (Å²) in [6.45, 7) is -1.16. The summed E-state index contributed by atoms with van der Waals surface area (Å²) in [5.41, 5.74) is 0.548. The Balaban J connectivity index is 2.30. The minimum Gasteiger partial charge on any atom is -0.461 e. The number of ether oxygens (including phenoxy) is 2. The Bertz CT molecular complexity index is 659. The number of hydrogen-bond donors (Lipinski definition) is 0. The molecule has 0 aliphatic heterocycles. The van der Waals surface area contributed by atoms with Crippen LogP contribution in [0, 0.1) is 5.95 Å². The third kappa shape index (κ3) is 4.00. The standard InChI is InChI=1S/C14H13F3N2O3/c1-2-21-13(20)11-6-10(22-14(16)17)8-19(11)7-9-3-4-18-12(15)5-9/h3-6,8,14H,2,7H2,1H3. The maximum absolute atomic E-state index is 13.1. The molecule has 8 heteroatoms. The topological polar surface area (TPSA) is 53.4 Å². The molecule has 22 heavy (non-hydrogen) atoms. The fraction of sp³-hybridized carbons (Fsp3) is 0.286. The van der Waals surface area contributed by atoms with Crippen LogP contribution in [0.4, 0.5) is 13.2 Å². The lowest BCUT2D eigenvalue weighted by Gasteiger charge is -2.08. The van der Waals surface area contributed by atoms with Crippen LogP contribution in [0.5, 0.6) is 5.75 Å². The Labute approximate surface area is 124 Å². The molecule has 0 spiro atoms. The summed E-state index contributed by atoms with van der Waals surface area (Å²) in [5.74, 6) is -1.53. The van der Waals surface area contributed by atoms with Crippen molar-refractivity contribution in [2.24, 2.45) is 0 Å². The molecule has 0 aromatic carbocycles. The van der Waals surface area contributed by atoms with E-state index in [1.807, 2.05) is 0 Å². The molecule has 0 saturated heterocycles. The van der Waals surface area contributed by atoms with E-state index in [9.17, 15) is 18.0 Å². The van der Waals surface area contributed by atoms with Gasteiger partial charge in [0.05, 0.1) is 6.61 Å². The first-order chi connectivity index (χ1) is 10.5. The molecule has 0 fully saturated rings. The first-order valence-electron chi connectivity index (χ1n) is 6.42. The number of carbonyl (C=O) groups excluding carboxylic acids is 1. The molecule has 0 atom stereocenters. The van der Waals surface area contributed by atoms with Crippen LogP contribution in [0.1, 0.15) is 23.0 Å². The number of esters is 1. The molecule has 0 aliphatic carbocycles. The number of pyridine rings is 1. The van der Waals surface area contributed by atoms with Crippen LogP contribution in [0.15, 0.2) is 30.6 Å². The molecule has 0 unspecified atom stereocenters. The predicted octanol–water partition coefficient (Wildman–Crippen LogP) is 2.85. The lowest BCUT2D eigenvalue weighted by atomic mass is 10.2. The summed E-state index contributed by atoms with van der Waals surface area (Å²) in [5, 5.41) is 0. The molecule has 0 bridgehead atoms. The van der Waals surface area contributed by atoms with Gasteiger partial charge in [0.2, 0.25) is 5.95 Å². The van der Waals surface area contributed by atoms with E-state index in [-0.39, 0.29) is 24.6 Å². The van der Waals surface area contributed by atoms with Gasteiger partial charge in [-0.05, 0) is 24.6 Å². The second-order valence-electron chi connectivity index (χ2n) is 4.27. The number of nitrogens with zero attached hydrogens (tertiary/aromatic N) is 2. The van der Waals surface area contributed by atoms with Gasteiger partial charge in [-0.3, -0.25) is 0 Å². The number of alkyl halides is 2. The van der Waals surface area contributed by atoms with Gasteiger partial charge in [-0.2, -0.15) is 13.2 Å². The van der Waals surface area contributed by atoms with Crippen molar-refractivity contribution in [1.82, 2.24) is 9.55 Å². The van der Waals surface area contributed by atoms with Crippen LogP contribution in [0.2, 0.25) is 0 Å². The molecular weight excluding hydrogens is 301 g/mol. The van der Waals surface area contributed by atoms with Gasteiger partial charge in [0.1, 0.15) is 11.4 Å². The zero-order valence-electron chi connectivity index (χ0n) is 11.6. The van der Waals surface area contributed by atoms with Crippen molar-refractivity contribution in [2.75, 3.05) is 6.61 Å². The monoisotopic (exact) mass is 314 g/mol. The van der Waals surface area contributed by atoms with Gasteiger partial charge in [-0.25, -0.2) is 9.78 Å². The minimum absolute atomic E-state index is 0.0368. The van der Waals surface area contributed by atoms with Crippen LogP contribution in [-0.4, -0.2) is 28.7 Å². The van der Waals surface area contributed by atoms with E-state index in [1.165, 1.54) is 23.0 Å². The number of aromatic nitrogens is 2. The van der Waals surface area contributed by atoms with Crippen LogP contribution in [0.25, 0.3) is 0 Å². The zero-order chi connectivity index (χ0) is 16.1. The molecule has 5 nitrogen and oxygen atoms in total. The van der Waals surface area contributed by atoms with E-state index in [2.05, 4.69) is 9.72 Å². The van der Waals surface area contributed by atoms with E-state index >= 15 is 0 Å². The highest BCUT2D eigenvalue weighted by Gasteiger charge is 2.18. The smallest absolute Gasteiger partial charge is 0.387 e. The summed E-state index contributed by atoms with van der Waals surface area (Å²) >= 11 is 0. The Morgan fingerprint density at radius 3 is 2.82 bits per heavy atom. The molecular formula is C14H13F3N2O3. The van der Waals surface area contributed by atoms with Gasteiger partial charge in [-0.1, -0.05) is 0 Å². The van der Waals surface area contributed by atoms with Crippen molar-refractivity contribution in [3.8, 4) is 5.75 Å². The number of carbonyl (C=O) groups is 1. The Hall–Kier alpha value is -2.51. The SMILES string of the molecule is CCOC(=O)c1cc(OC(F)F)cn1Cc1ccnc(F)c1. The highest BCUT2D eigenvalue weighted by Crippen LogP contribution is 2.21. The van der Waals surface area contributed by atoms with Crippen molar-refractivity contribution < 1.29 is 27.4 Å². The summed E-state index contributed by atoms with van der Waals surface area (Å²) in [6, 6.07) is 3.88. The fourth-order valence-corrected chi connectivity index (χ4v) is 1.90. The maximum Gasteiger partial charge on any atom is 0.387 e.